The number of hydrogen-bond acceptors (Lipinski definition) is 1. The predicted octanol–water partition coefficient (Wildman–Crippen LogP) is 2.53. The summed E-state index contributed by atoms with van der Waals surface area (Å²) < 4.78 is 1.08. The second-order valence-corrected chi connectivity index (χ2v) is 4.97. The normalized spacial score (nSPS) is 20.3. The minimum atomic E-state index is 0.145. The van der Waals surface area contributed by atoms with Crippen LogP contribution in [0, 0.1) is 0 Å². The van der Waals surface area contributed by atoms with E-state index in [4.69, 9.17) is 0 Å². The van der Waals surface area contributed by atoms with Crippen LogP contribution in [0.25, 0.3) is 10.9 Å². The molecule has 1 fully saturated rings. The number of benzene rings is 1. The van der Waals surface area contributed by atoms with Crippen LogP contribution >= 0.6 is 15.9 Å². The minimum absolute atomic E-state index is 0.145. The highest BCUT2D eigenvalue weighted by molar-refractivity contribution is 9.10. The fraction of sp³-hybridized carbons (Fsp3) is 0.250. The molecule has 0 bridgehead atoms. The number of aromatic nitrogens is 1. The molecule has 1 atom stereocenters. The van der Waals surface area contributed by atoms with Gasteiger partial charge in [0.15, 0.2) is 0 Å². The van der Waals surface area contributed by atoms with E-state index in [-0.39, 0.29) is 5.91 Å². The van der Waals surface area contributed by atoms with Crippen molar-refractivity contribution in [3.05, 3.63) is 34.4 Å². The number of carbonyl (C=O) groups is 1. The zero-order chi connectivity index (χ0) is 11.1. The van der Waals surface area contributed by atoms with Gasteiger partial charge in [-0.1, -0.05) is 22.0 Å². The van der Waals surface area contributed by atoms with Crippen LogP contribution in [0.1, 0.15) is 17.9 Å². The molecule has 3 nitrogen and oxygen atoms in total. The molecule has 1 aromatic carbocycles. The Hall–Kier alpha value is -1.29. The number of fused-ring (bicyclic) bond motifs is 1. The first-order chi connectivity index (χ1) is 7.75. The molecule has 2 N–H and O–H groups in total. The summed E-state index contributed by atoms with van der Waals surface area (Å²) in [5, 5.41) is 4.07. The van der Waals surface area contributed by atoms with Crippen molar-refractivity contribution in [1.82, 2.24) is 10.3 Å². The summed E-state index contributed by atoms with van der Waals surface area (Å²) in [6, 6.07) is 6.09. The molecule has 16 heavy (non-hydrogen) atoms. The molecule has 1 unspecified atom stereocenters. The average Bonchev–Trinajstić information content (AvgIpc) is 2.84. The molecule has 1 aromatic heterocycles. The van der Waals surface area contributed by atoms with Crippen LogP contribution in [0.15, 0.2) is 28.9 Å². The summed E-state index contributed by atoms with van der Waals surface area (Å²) in [5.74, 6) is 0.436. The lowest BCUT2D eigenvalue weighted by atomic mass is 9.98. The third-order valence-corrected chi connectivity index (χ3v) is 3.76. The van der Waals surface area contributed by atoms with Crippen LogP contribution in [0.2, 0.25) is 0 Å². The van der Waals surface area contributed by atoms with Gasteiger partial charge in [0.25, 0.3) is 0 Å². The molecule has 1 amide bonds. The first-order valence-electron chi connectivity index (χ1n) is 5.28. The van der Waals surface area contributed by atoms with Gasteiger partial charge in [0.2, 0.25) is 5.91 Å². The van der Waals surface area contributed by atoms with Crippen LogP contribution < -0.4 is 5.32 Å². The van der Waals surface area contributed by atoms with Crippen molar-refractivity contribution in [3.63, 3.8) is 0 Å². The van der Waals surface area contributed by atoms with Gasteiger partial charge in [-0.15, -0.1) is 0 Å². The molecule has 0 radical (unpaired) electrons. The zero-order valence-electron chi connectivity index (χ0n) is 8.59. The Morgan fingerprint density at radius 3 is 3.00 bits per heavy atom. The molecule has 1 aliphatic rings. The third kappa shape index (κ3) is 1.45. The van der Waals surface area contributed by atoms with Crippen LogP contribution in [-0.2, 0) is 4.79 Å². The molecule has 2 heterocycles. The molecule has 1 saturated heterocycles. The van der Waals surface area contributed by atoms with Crippen molar-refractivity contribution in [3.8, 4) is 0 Å². The van der Waals surface area contributed by atoms with E-state index in [1.165, 1.54) is 10.9 Å². The molecule has 0 spiro atoms. The lowest BCUT2D eigenvalue weighted by molar-refractivity contribution is -0.119. The quantitative estimate of drug-likeness (QED) is 0.827. The van der Waals surface area contributed by atoms with E-state index in [0.29, 0.717) is 12.3 Å². The summed E-state index contributed by atoms with van der Waals surface area (Å²) in [6.45, 7) is 0.743. The van der Waals surface area contributed by atoms with Crippen molar-refractivity contribution >= 4 is 32.7 Å². The minimum Gasteiger partial charge on any atom is -0.361 e. The maximum Gasteiger partial charge on any atom is 0.220 e. The van der Waals surface area contributed by atoms with Crippen molar-refractivity contribution < 1.29 is 4.79 Å². The van der Waals surface area contributed by atoms with Crippen LogP contribution in [-0.4, -0.2) is 17.4 Å². The van der Waals surface area contributed by atoms with E-state index in [0.717, 1.165) is 16.5 Å². The third-order valence-electron chi connectivity index (χ3n) is 3.10. The van der Waals surface area contributed by atoms with E-state index in [1.54, 1.807) is 0 Å². The highest BCUT2D eigenvalue weighted by Crippen LogP contribution is 2.34. The van der Waals surface area contributed by atoms with Crippen molar-refractivity contribution in [2.24, 2.45) is 0 Å². The van der Waals surface area contributed by atoms with Crippen LogP contribution in [0.3, 0.4) is 0 Å². The Labute approximate surface area is 101 Å². The number of H-pyrrole nitrogens is 1. The monoisotopic (exact) mass is 278 g/mol. The fourth-order valence-electron chi connectivity index (χ4n) is 2.31. The molecule has 3 rings (SSSR count). The molecule has 2 aromatic rings. The van der Waals surface area contributed by atoms with E-state index < -0.39 is 0 Å². The van der Waals surface area contributed by atoms with Gasteiger partial charge < -0.3 is 10.3 Å². The van der Waals surface area contributed by atoms with E-state index in [2.05, 4.69) is 26.2 Å². The lowest BCUT2D eigenvalue weighted by Gasteiger charge is -2.06. The molecule has 0 saturated carbocycles. The van der Waals surface area contributed by atoms with E-state index >= 15 is 0 Å². The Kier molecular flexibility index (Phi) is 2.24. The second kappa shape index (κ2) is 3.63. The van der Waals surface area contributed by atoms with E-state index in [1.807, 2.05) is 24.4 Å². The predicted molar refractivity (Wildman–Crippen MR) is 66.4 cm³/mol. The number of amides is 1. The Morgan fingerprint density at radius 2 is 2.25 bits per heavy atom. The van der Waals surface area contributed by atoms with Gasteiger partial charge in [0.1, 0.15) is 0 Å². The smallest absolute Gasteiger partial charge is 0.220 e. The Morgan fingerprint density at radius 1 is 1.38 bits per heavy atom. The summed E-state index contributed by atoms with van der Waals surface area (Å²) in [7, 11) is 0. The van der Waals surface area contributed by atoms with Gasteiger partial charge >= 0.3 is 0 Å². The average molecular weight is 279 g/mol. The van der Waals surface area contributed by atoms with Gasteiger partial charge in [-0.3, -0.25) is 4.79 Å². The topological polar surface area (TPSA) is 44.9 Å². The van der Waals surface area contributed by atoms with Crippen molar-refractivity contribution in [2.45, 2.75) is 12.3 Å². The second-order valence-electron chi connectivity index (χ2n) is 4.11. The number of rotatable bonds is 1. The lowest BCUT2D eigenvalue weighted by Crippen LogP contribution is -2.13. The number of aromatic amines is 1. The Balaban J connectivity index is 2.13. The first-order valence-corrected chi connectivity index (χ1v) is 6.07. The van der Waals surface area contributed by atoms with E-state index in [9.17, 15) is 4.79 Å². The largest absolute Gasteiger partial charge is 0.361 e. The molecule has 82 valence electrons. The van der Waals surface area contributed by atoms with Crippen molar-refractivity contribution in [2.75, 3.05) is 6.54 Å². The van der Waals surface area contributed by atoms with Crippen LogP contribution in [0.5, 0.6) is 0 Å². The number of hydrogen-bond donors (Lipinski definition) is 2. The summed E-state index contributed by atoms with van der Waals surface area (Å²) in [5.41, 5.74) is 2.34. The summed E-state index contributed by atoms with van der Waals surface area (Å²) in [4.78, 5) is 14.5. The standard InChI is InChI=1S/C12H11BrN2O/c13-9-2-1-3-10-12(9)8(6-14-10)7-4-11(16)15-5-7/h1-3,6-7,14H,4-5H2,(H,15,16). The molecular formula is C12H11BrN2O. The van der Waals surface area contributed by atoms with Crippen LogP contribution in [0.4, 0.5) is 0 Å². The number of carbonyl (C=O) groups excluding carboxylic acids is 1. The molecular weight excluding hydrogens is 268 g/mol. The SMILES string of the molecule is O=C1CC(c2c[nH]c3cccc(Br)c23)CN1. The number of halogens is 1. The highest BCUT2D eigenvalue weighted by atomic mass is 79.9. The molecule has 4 heteroatoms. The maximum absolute atomic E-state index is 11.2. The first kappa shape index (κ1) is 9.90. The summed E-state index contributed by atoms with van der Waals surface area (Å²) >= 11 is 3.56. The highest BCUT2D eigenvalue weighted by Gasteiger charge is 2.25. The van der Waals surface area contributed by atoms with Gasteiger partial charge in [0.05, 0.1) is 0 Å². The summed E-state index contributed by atoms with van der Waals surface area (Å²) in [6.07, 6.45) is 2.61. The number of nitrogens with one attached hydrogen (secondary N) is 2. The van der Waals surface area contributed by atoms with Crippen molar-refractivity contribution in [1.29, 1.82) is 0 Å². The zero-order valence-corrected chi connectivity index (χ0v) is 10.2. The van der Waals surface area contributed by atoms with Gasteiger partial charge in [0, 0.05) is 40.5 Å². The Bertz CT molecular complexity index is 561. The van der Waals surface area contributed by atoms with Gasteiger partial charge in [-0.05, 0) is 17.7 Å². The molecule has 1 aliphatic heterocycles. The van der Waals surface area contributed by atoms with Gasteiger partial charge in [-0.2, -0.15) is 0 Å². The fourth-order valence-corrected chi connectivity index (χ4v) is 2.91. The molecule has 0 aliphatic carbocycles. The maximum atomic E-state index is 11.2. The van der Waals surface area contributed by atoms with Gasteiger partial charge in [-0.25, -0.2) is 0 Å².